The zero-order valence-electron chi connectivity index (χ0n) is 12.4. The number of nitrogens with zero attached hydrogens (tertiary/aromatic N) is 2. The third-order valence-corrected chi connectivity index (χ3v) is 3.10. The molecule has 2 N–H and O–H groups in total. The Labute approximate surface area is 138 Å². The van der Waals surface area contributed by atoms with Gasteiger partial charge < -0.3 is 15.4 Å². The molecule has 0 fully saturated rings. The molecule has 1 aliphatic rings. The Balaban J connectivity index is 0.00000264. The number of rotatable bonds is 6. The summed E-state index contributed by atoms with van der Waals surface area (Å²) in [6.45, 7) is 0.620. The first kappa shape index (κ1) is 18.7. The molecule has 0 aromatic heterocycles. The maximum atomic E-state index is 11.9. The molecule has 0 aliphatic carbocycles. The minimum Gasteiger partial charge on any atom is -0.482 e. The Morgan fingerprint density at radius 1 is 1.43 bits per heavy atom. The number of hydrogen-bond donors (Lipinski definition) is 2. The highest BCUT2D eigenvalue weighted by atomic mass is 35.5. The fourth-order valence-corrected chi connectivity index (χ4v) is 2.00. The maximum Gasteiger partial charge on any atom is 0.271 e. The molecule has 23 heavy (non-hydrogen) atoms. The molecule has 1 aromatic rings. The van der Waals surface area contributed by atoms with Gasteiger partial charge in [-0.25, -0.2) is 0 Å². The molecule has 0 bridgehead atoms. The Bertz CT molecular complexity index is 610. The number of ether oxygens (including phenoxy) is 1. The summed E-state index contributed by atoms with van der Waals surface area (Å²) in [5.41, 5.74) is 0.0619. The molecule has 2 rings (SSSR count). The SMILES string of the molecule is CNCCNC(=O)CN1C(=O)COc2ccc([N+](=O)[O-])cc21.Cl. The maximum absolute atomic E-state index is 11.9. The van der Waals surface area contributed by atoms with Crippen LogP contribution in [-0.2, 0) is 9.59 Å². The Kier molecular flexibility index (Phi) is 6.73. The molecule has 9 nitrogen and oxygen atoms in total. The number of benzene rings is 1. The number of non-ortho nitro benzene ring substituents is 1. The van der Waals surface area contributed by atoms with Gasteiger partial charge in [0, 0.05) is 25.2 Å². The number of amides is 2. The molecule has 0 radical (unpaired) electrons. The Morgan fingerprint density at radius 3 is 2.83 bits per heavy atom. The summed E-state index contributed by atoms with van der Waals surface area (Å²) >= 11 is 0. The van der Waals surface area contributed by atoms with Crippen LogP contribution in [0.5, 0.6) is 5.75 Å². The molecule has 0 spiro atoms. The number of halogens is 1. The quantitative estimate of drug-likeness (QED) is 0.429. The van der Waals surface area contributed by atoms with Crippen LogP contribution in [-0.4, -0.2) is 50.0 Å². The van der Waals surface area contributed by atoms with Crippen LogP contribution in [0.4, 0.5) is 11.4 Å². The van der Waals surface area contributed by atoms with Gasteiger partial charge in [-0.3, -0.25) is 24.6 Å². The van der Waals surface area contributed by atoms with Gasteiger partial charge in [0.2, 0.25) is 5.91 Å². The summed E-state index contributed by atoms with van der Waals surface area (Å²) in [5.74, 6) is -0.423. The van der Waals surface area contributed by atoms with Gasteiger partial charge in [-0.15, -0.1) is 12.4 Å². The smallest absolute Gasteiger partial charge is 0.271 e. The summed E-state index contributed by atoms with van der Waals surface area (Å²) in [6, 6.07) is 3.94. The first-order valence-electron chi connectivity index (χ1n) is 6.66. The summed E-state index contributed by atoms with van der Waals surface area (Å²) in [7, 11) is 1.76. The largest absolute Gasteiger partial charge is 0.482 e. The average molecular weight is 345 g/mol. The molecular weight excluding hydrogens is 328 g/mol. The lowest BCUT2D eigenvalue weighted by molar-refractivity contribution is -0.384. The highest BCUT2D eigenvalue weighted by Gasteiger charge is 2.29. The standard InChI is InChI=1S/C13H16N4O5.ClH/c1-14-4-5-15-12(18)7-16-10-6-9(17(20)21)2-3-11(10)22-8-13(16)19;/h2-3,6,14H,4-5,7-8H2,1H3,(H,15,18);1H. The molecule has 1 aromatic carbocycles. The van der Waals surface area contributed by atoms with Crippen molar-refractivity contribution in [2.24, 2.45) is 0 Å². The van der Waals surface area contributed by atoms with E-state index in [4.69, 9.17) is 4.74 Å². The highest BCUT2D eigenvalue weighted by molar-refractivity contribution is 6.02. The lowest BCUT2D eigenvalue weighted by atomic mass is 10.2. The van der Waals surface area contributed by atoms with Crippen LogP contribution in [0.1, 0.15) is 0 Å². The number of carbonyl (C=O) groups is 2. The van der Waals surface area contributed by atoms with Gasteiger partial charge >= 0.3 is 0 Å². The number of likely N-dealkylation sites (N-methyl/N-ethyl adjacent to an activating group) is 1. The zero-order chi connectivity index (χ0) is 16.1. The predicted octanol–water partition coefficient (Wildman–Crippen LogP) is 0.0776. The lowest BCUT2D eigenvalue weighted by Crippen LogP contribution is -2.46. The van der Waals surface area contributed by atoms with Crippen molar-refractivity contribution in [3.05, 3.63) is 28.3 Å². The van der Waals surface area contributed by atoms with Crippen molar-refractivity contribution < 1.29 is 19.2 Å². The van der Waals surface area contributed by atoms with Crippen LogP contribution in [0, 0.1) is 10.1 Å². The topological polar surface area (TPSA) is 114 Å². The second-order valence-corrected chi connectivity index (χ2v) is 4.63. The number of carbonyl (C=O) groups excluding carboxylic acids is 2. The molecule has 126 valence electrons. The minimum absolute atomic E-state index is 0. The van der Waals surface area contributed by atoms with Crippen LogP contribution < -0.4 is 20.3 Å². The van der Waals surface area contributed by atoms with E-state index in [0.29, 0.717) is 18.8 Å². The highest BCUT2D eigenvalue weighted by Crippen LogP contribution is 2.34. The van der Waals surface area contributed by atoms with Gasteiger partial charge in [-0.1, -0.05) is 0 Å². The van der Waals surface area contributed by atoms with E-state index in [1.54, 1.807) is 7.05 Å². The van der Waals surface area contributed by atoms with E-state index in [2.05, 4.69) is 10.6 Å². The van der Waals surface area contributed by atoms with Gasteiger partial charge in [0.1, 0.15) is 12.3 Å². The van der Waals surface area contributed by atoms with Gasteiger partial charge in [-0.2, -0.15) is 0 Å². The molecule has 0 atom stereocenters. The summed E-state index contributed by atoms with van der Waals surface area (Å²) in [6.07, 6.45) is 0. The van der Waals surface area contributed by atoms with E-state index >= 15 is 0 Å². The number of anilines is 1. The number of nitrogens with one attached hydrogen (secondary N) is 2. The van der Waals surface area contributed by atoms with Gasteiger partial charge in [-0.05, 0) is 13.1 Å². The average Bonchev–Trinajstić information content (AvgIpc) is 2.50. The van der Waals surface area contributed by atoms with Crippen molar-refractivity contribution in [1.82, 2.24) is 10.6 Å². The fourth-order valence-electron chi connectivity index (χ4n) is 2.00. The van der Waals surface area contributed by atoms with E-state index in [-0.39, 0.29) is 42.8 Å². The third kappa shape index (κ3) is 4.54. The first-order valence-corrected chi connectivity index (χ1v) is 6.66. The zero-order valence-corrected chi connectivity index (χ0v) is 13.2. The van der Waals surface area contributed by atoms with E-state index in [9.17, 15) is 19.7 Å². The fraction of sp³-hybridized carbons (Fsp3) is 0.385. The van der Waals surface area contributed by atoms with E-state index in [1.807, 2.05) is 0 Å². The number of nitro groups is 1. The summed E-state index contributed by atoms with van der Waals surface area (Å²) in [4.78, 5) is 35.3. The molecule has 1 aliphatic heterocycles. The number of fused-ring (bicyclic) bond motifs is 1. The van der Waals surface area contributed by atoms with E-state index in [0.717, 1.165) is 0 Å². The van der Waals surface area contributed by atoms with Crippen molar-refractivity contribution in [3.63, 3.8) is 0 Å². The van der Waals surface area contributed by atoms with Crippen LogP contribution >= 0.6 is 12.4 Å². The Morgan fingerprint density at radius 2 is 2.17 bits per heavy atom. The summed E-state index contributed by atoms with van der Waals surface area (Å²) in [5, 5.41) is 16.4. The summed E-state index contributed by atoms with van der Waals surface area (Å²) < 4.78 is 5.23. The molecule has 1 heterocycles. The van der Waals surface area contributed by atoms with Crippen LogP contribution in [0.25, 0.3) is 0 Å². The molecule has 10 heteroatoms. The molecule has 0 unspecified atom stereocenters. The van der Waals surface area contributed by atoms with Crippen LogP contribution in [0.3, 0.4) is 0 Å². The predicted molar refractivity (Wildman–Crippen MR) is 85.1 cm³/mol. The second kappa shape index (κ2) is 8.30. The van der Waals surface area contributed by atoms with E-state index in [1.165, 1.54) is 23.1 Å². The van der Waals surface area contributed by atoms with E-state index < -0.39 is 10.8 Å². The van der Waals surface area contributed by atoms with Crippen molar-refractivity contribution in [2.75, 3.05) is 38.2 Å². The van der Waals surface area contributed by atoms with Gasteiger partial charge in [0.05, 0.1) is 10.6 Å². The number of hydrogen-bond acceptors (Lipinski definition) is 6. The molecule has 0 saturated heterocycles. The van der Waals surface area contributed by atoms with Gasteiger partial charge in [0.25, 0.3) is 11.6 Å². The van der Waals surface area contributed by atoms with Crippen molar-refractivity contribution in [1.29, 1.82) is 0 Å². The van der Waals surface area contributed by atoms with Crippen LogP contribution in [0.2, 0.25) is 0 Å². The molecule has 2 amide bonds. The van der Waals surface area contributed by atoms with Crippen molar-refractivity contribution in [2.45, 2.75) is 0 Å². The minimum atomic E-state index is -0.565. The third-order valence-electron chi connectivity index (χ3n) is 3.10. The number of nitro benzene ring substituents is 1. The van der Waals surface area contributed by atoms with Crippen molar-refractivity contribution in [3.8, 4) is 5.75 Å². The van der Waals surface area contributed by atoms with Crippen LogP contribution in [0.15, 0.2) is 18.2 Å². The van der Waals surface area contributed by atoms with Gasteiger partial charge in [0.15, 0.2) is 6.61 Å². The molecule has 0 saturated carbocycles. The molecular formula is C13H17ClN4O5. The lowest BCUT2D eigenvalue weighted by Gasteiger charge is -2.28. The van der Waals surface area contributed by atoms with Crippen molar-refractivity contribution >= 4 is 35.6 Å². The first-order chi connectivity index (χ1) is 10.5. The monoisotopic (exact) mass is 344 g/mol. The second-order valence-electron chi connectivity index (χ2n) is 4.63. The Hall–Kier alpha value is -2.39. The normalized spacial score (nSPS) is 12.7.